The van der Waals surface area contributed by atoms with Crippen molar-refractivity contribution in [3.05, 3.63) is 0 Å². The zero-order valence-electron chi connectivity index (χ0n) is 11.5. The standard InChI is InChI=1S/C11H20N6O2/c1-4-6-17(7-8(18)13-3)10-14-9(12)15-11(16-10)19-5-2/h4-7H2,1-3H3,(H,13,18)(H2,12,14,15,16). The van der Waals surface area contributed by atoms with E-state index in [1.165, 1.54) is 0 Å². The number of carbonyl (C=O) groups excluding carboxylic acids is 1. The van der Waals surface area contributed by atoms with E-state index < -0.39 is 0 Å². The number of hydrogen-bond donors (Lipinski definition) is 2. The number of likely N-dealkylation sites (N-methyl/N-ethyl adjacent to an activating group) is 1. The summed E-state index contributed by atoms with van der Waals surface area (Å²) in [5.41, 5.74) is 5.62. The molecule has 0 aliphatic rings. The molecule has 3 N–H and O–H groups in total. The number of anilines is 2. The third-order valence-corrected chi connectivity index (χ3v) is 2.28. The van der Waals surface area contributed by atoms with Gasteiger partial charge in [0.2, 0.25) is 17.8 Å². The van der Waals surface area contributed by atoms with Crippen LogP contribution >= 0.6 is 0 Å². The molecule has 0 aromatic carbocycles. The number of nitrogens with two attached hydrogens (primary N) is 1. The third-order valence-electron chi connectivity index (χ3n) is 2.28. The molecule has 1 aromatic heterocycles. The first kappa shape index (κ1) is 14.9. The van der Waals surface area contributed by atoms with Gasteiger partial charge in [0, 0.05) is 13.6 Å². The maximum absolute atomic E-state index is 11.5. The van der Waals surface area contributed by atoms with Gasteiger partial charge in [-0.1, -0.05) is 6.92 Å². The number of aromatic nitrogens is 3. The molecule has 1 rings (SSSR count). The first-order chi connectivity index (χ1) is 9.10. The minimum atomic E-state index is -0.120. The number of ether oxygens (including phenoxy) is 1. The maximum Gasteiger partial charge on any atom is 0.323 e. The van der Waals surface area contributed by atoms with Crippen LogP contribution in [0.25, 0.3) is 0 Å². The van der Waals surface area contributed by atoms with Gasteiger partial charge in [-0.05, 0) is 13.3 Å². The number of nitrogen functional groups attached to an aromatic ring is 1. The molecular formula is C11H20N6O2. The van der Waals surface area contributed by atoms with Crippen LogP contribution in [0.1, 0.15) is 20.3 Å². The molecular weight excluding hydrogens is 248 g/mol. The van der Waals surface area contributed by atoms with Gasteiger partial charge in [0.1, 0.15) is 0 Å². The molecule has 1 aromatic rings. The van der Waals surface area contributed by atoms with Gasteiger partial charge in [-0.25, -0.2) is 0 Å². The van der Waals surface area contributed by atoms with E-state index in [1.54, 1.807) is 11.9 Å². The van der Waals surface area contributed by atoms with E-state index >= 15 is 0 Å². The average molecular weight is 268 g/mol. The lowest BCUT2D eigenvalue weighted by atomic mass is 10.4. The fraction of sp³-hybridized carbons (Fsp3) is 0.636. The number of nitrogens with zero attached hydrogens (tertiary/aromatic N) is 4. The quantitative estimate of drug-likeness (QED) is 0.706. The molecule has 0 saturated heterocycles. The summed E-state index contributed by atoms with van der Waals surface area (Å²) in [6.07, 6.45) is 0.854. The van der Waals surface area contributed by atoms with Gasteiger partial charge in [0.05, 0.1) is 13.2 Å². The van der Waals surface area contributed by atoms with Crippen molar-refractivity contribution in [2.24, 2.45) is 0 Å². The highest BCUT2D eigenvalue weighted by Crippen LogP contribution is 2.13. The van der Waals surface area contributed by atoms with Gasteiger partial charge in [-0.3, -0.25) is 4.79 Å². The van der Waals surface area contributed by atoms with E-state index in [1.807, 2.05) is 13.8 Å². The summed E-state index contributed by atoms with van der Waals surface area (Å²) in [6, 6.07) is 0.169. The maximum atomic E-state index is 11.5. The summed E-state index contributed by atoms with van der Waals surface area (Å²) in [5, 5.41) is 2.56. The second kappa shape index (κ2) is 7.34. The Hall–Kier alpha value is -2.12. The van der Waals surface area contributed by atoms with Crippen LogP contribution in [-0.4, -0.2) is 47.6 Å². The van der Waals surface area contributed by atoms with Gasteiger partial charge in [0.25, 0.3) is 0 Å². The molecule has 0 spiro atoms. The van der Waals surface area contributed by atoms with Crippen LogP contribution in [0.2, 0.25) is 0 Å². The molecule has 0 aliphatic carbocycles. The van der Waals surface area contributed by atoms with Crippen molar-refractivity contribution >= 4 is 17.8 Å². The van der Waals surface area contributed by atoms with Crippen LogP contribution in [0.15, 0.2) is 0 Å². The van der Waals surface area contributed by atoms with Crippen LogP contribution in [0.4, 0.5) is 11.9 Å². The second-order valence-corrected chi connectivity index (χ2v) is 3.80. The second-order valence-electron chi connectivity index (χ2n) is 3.80. The molecule has 106 valence electrons. The van der Waals surface area contributed by atoms with Crippen LogP contribution in [0, 0.1) is 0 Å². The Bertz CT molecular complexity index is 426. The molecule has 0 atom stereocenters. The number of amides is 1. The van der Waals surface area contributed by atoms with Crippen LogP contribution in [0.3, 0.4) is 0 Å². The Kier molecular flexibility index (Phi) is 5.77. The lowest BCUT2D eigenvalue weighted by Gasteiger charge is -2.21. The highest BCUT2D eigenvalue weighted by Gasteiger charge is 2.15. The highest BCUT2D eigenvalue weighted by atomic mass is 16.5. The Morgan fingerprint density at radius 1 is 1.37 bits per heavy atom. The van der Waals surface area contributed by atoms with Gasteiger partial charge < -0.3 is 20.7 Å². The lowest BCUT2D eigenvalue weighted by Crippen LogP contribution is -2.37. The Labute approximate surface area is 112 Å². The Balaban J connectivity index is 2.96. The van der Waals surface area contributed by atoms with E-state index in [4.69, 9.17) is 10.5 Å². The van der Waals surface area contributed by atoms with E-state index in [-0.39, 0.29) is 24.4 Å². The summed E-state index contributed by atoms with van der Waals surface area (Å²) in [5.74, 6) is 0.304. The van der Waals surface area contributed by atoms with Gasteiger partial charge in [-0.15, -0.1) is 0 Å². The highest BCUT2D eigenvalue weighted by molar-refractivity contribution is 5.80. The first-order valence-corrected chi connectivity index (χ1v) is 6.20. The topological polar surface area (TPSA) is 106 Å². The third kappa shape index (κ3) is 4.57. The number of carbonyl (C=O) groups is 1. The summed E-state index contributed by atoms with van der Waals surface area (Å²) < 4.78 is 5.22. The van der Waals surface area contributed by atoms with Gasteiger partial charge in [0.15, 0.2) is 0 Å². The number of rotatable bonds is 7. The minimum Gasteiger partial charge on any atom is -0.464 e. The summed E-state index contributed by atoms with van der Waals surface area (Å²) in [7, 11) is 1.58. The zero-order chi connectivity index (χ0) is 14.3. The van der Waals surface area contributed by atoms with Crippen molar-refractivity contribution in [1.82, 2.24) is 20.3 Å². The molecule has 0 saturated carbocycles. The van der Waals surface area contributed by atoms with E-state index in [0.717, 1.165) is 6.42 Å². The van der Waals surface area contributed by atoms with Crippen molar-refractivity contribution in [2.45, 2.75) is 20.3 Å². The molecule has 19 heavy (non-hydrogen) atoms. The Morgan fingerprint density at radius 3 is 2.68 bits per heavy atom. The lowest BCUT2D eigenvalue weighted by molar-refractivity contribution is -0.119. The first-order valence-electron chi connectivity index (χ1n) is 6.20. The number of nitrogens with one attached hydrogen (secondary N) is 1. The molecule has 0 bridgehead atoms. The zero-order valence-corrected chi connectivity index (χ0v) is 11.5. The van der Waals surface area contributed by atoms with E-state index in [9.17, 15) is 4.79 Å². The molecule has 8 nitrogen and oxygen atoms in total. The fourth-order valence-corrected chi connectivity index (χ4v) is 1.47. The van der Waals surface area contributed by atoms with Crippen molar-refractivity contribution in [1.29, 1.82) is 0 Å². The predicted molar refractivity (Wildman–Crippen MR) is 72.0 cm³/mol. The fourth-order valence-electron chi connectivity index (χ4n) is 1.47. The van der Waals surface area contributed by atoms with Crippen molar-refractivity contribution in [2.75, 3.05) is 37.4 Å². The minimum absolute atomic E-state index is 0.0754. The monoisotopic (exact) mass is 268 g/mol. The SMILES string of the molecule is CCCN(CC(=O)NC)c1nc(N)nc(OCC)n1. The Morgan fingerprint density at radius 2 is 2.11 bits per heavy atom. The van der Waals surface area contributed by atoms with Gasteiger partial charge >= 0.3 is 6.01 Å². The van der Waals surface area contributed by atoms with Crippen LogP contribution < -0.4 is 20.7 Å². The summed E-state index contributed by atoms with van der Waals surface area (Å²) >= 11 is 0. The smallest absolute Gasteiger partial charge is 0.323 e. The summed E-state index contributed by atoms with van der Waals surface area (Å²) in [4.78, 5) is 25.3. The molecule has 0 radical (unpaired) electrons. The average Bonchev–Trinajstić information content (AvgIpc) is 2.37. The molecule has 0 aliphatic heterocycles. The van der Waals surface area contributed by atoms with Crippen LogP contribution in [0.5, 0.6) is 6.01 Å². The molecule has 1 heterocycles. The predicted octanol–water partition coefficient (Wildman–Crippen LogP) is -0.185. The van der Waals surface area contributed by atoms with Crippen LogP contribution in [-0.2, 0) is 4.79 Å². The van der Waals surface area contributed by atoms with Gasteiger partial charge in [-0.2, -0.15) is 15.0 Å². The van der Waals surface area contributed by atoms with Crippen molar-refractivity contribution in [3.8, 4) is 6.01 Å². The van der Waals surface area contributed by atoms with E-state index in [0.29, 0.717) is 19.1 Å². The normalized spacial score (nSPS) is 10.1. The summed E-state index contributed by atoms with van der Waals surface area (Å²) in [6.45, 7) is 5.08. The van der Waals surface area contributed by atoms with Crippen molar-refractivity contribution < 1.29 is 9.53 Å². The largest absolute Gasteiger partial charge is 0.464 e. The number of hydrogen-bond acceptors (Lipinski definition) is 7. The van der Waals surface area contributed by atoms with E-state index in [2.05, 4.69) is 20.3 Å². The molecule has 0 fully saturated rings. The van der Waals surface area contributed by atoms with Crippen molar-refractivity contribution in [3.63, 3.8) is 0 Å². The molecule has 1 amide bonds. The molecule has 8 heteroatoms. The molecule has 0 unspecified atom stereocenters.